The van der Waals surface area contributed by atoms with Gasteiger partial charge >= 0.3 is 0 Å². The fourth-order valence-corrected chi connectivity index (χ4v) is 3.64. The molecule has 1 heterocycles. The van der Waals surface area contributed by atoms with Crippen LogP contribution >= 0.6 is 0 Å². The largest absolute Gasteiger partial charge is 0.493 e. The predicted molar refractivity (Wildman–Crippen MR) is 124 cm³/mol. The number of hydrogen-bond donors (Lipinski definition) is 2. The lowest BCUT2D eigenvalue weighted by atomic mass is 10.2. The van der Waals surface area contributed by atoms with Crippen molar-refractivity contribution in [3.63, 3.8) is 0 Å². The lowest BCUT2D eigenvalue weighted by Crippen LogP contribution is -2.52. The molecule has 2 aromatic carbocycles. The molecule has 0 radical (unpaired) electrons. The molecule has 0 aromatic heterocycles. The normalized spacial score (nSPS) is 15.1. The number of nitrogens with zero attached hydrogens (tertiary/aromatic N) is 3. The number of aliphatic hydroxyl groups is 1. The average molecular weight is 427 g/mol. The number of aliphatic hydroxyl groups excluding tert-OH is 1. The van der Waals surface area contributed by atoms with Crippen LogP contribution in [0.3, 0.4) is 0 Å². The maximum atomic E-state index is 8.96. The van der Waals surface area contributed by atoms with E-state index in [0.717, 1.165) is 50.8 Å². The van der Waals surface area contributed by atoms with E-state index in [0.29, 0.717) is 18.0 Å². The third-order valence-corrected chi connectivity index (χ3v) is 5.24. The molecule has 0 unspecified atom stereocenters. The first-order chi connectivity index (χ1) is 15.2. The summed E-state index contributed by atoms with van der Waals surface area (Å²) in [5, 5.41) is 12.4. The number of benzene rings is 2. The highest BCUT2D eigenvalue weighted by Gasteiger charge is 2.19. The maximum absolute atomic E-state index is 8.96. The lowest BCUT2D eigenvalue weighted by Gasteiger charge is -2.36. The topological polar surface area (TPSA) is 69.6 Å². The predicted octanol–water partition coefficient (Wildman–Crippen LogP) is 2.35. The lowest BCUT2D eigenvalue weighted by molar-refractivity contribution is 0.172. The van der Waals surface area contributed by atoms with Crippen molar-refractivity contribution in [2.45, 2.75) is 20.0 Å². The SMILES string of the molecule is CCNC(=NCc1ccc(OCCO)c(OC)c1)N1CCN(Cc2ccccc2)CC1. The fraction of sp³-hybridized carbons (Fsp3) is 0.458. The third-order valence-electron chi connectivity index (χ3n) is 5.24. The van der Waals surface area contributed by atoms with Gasteiger partial charge in [0, 0.05) is 39.3 Å². The van der Waals surface area contributed by atoms with Gasteiger partial charge in [0.1, 0.15) is 6.61 Å². The molecule has 1 aliphatic rings. The summed E-state index contributed by atoms with van der Waals surface area (Å²) >= 11 is 0. The number of piperazine rings is 1. The van der Waals surface area contributed by atoms with E-state index in [2.05, 4.69) is 52.4 Å². The van der Waals surface area contributed by atoms with Crippen LogP contribution in [0.15, 0.2) is 53.5 Å². The second-order valence-corrected chi connectivity index (χ2v) is 7.48. The summed E-state index contributed by atoms with van der Waals surface area (Å²) in [7, 11) is 1.62. The minimum absolute atomic E-state index is 0.0279. The van der Waals surface area contributed by atoms with Gasteiger partial charge in [0.2, 0.25) is 0 Å². The molecule has 0 amide bonds. The van der Waals surface area contributed by atoms with Crippen LogP contribution in [-0.2, 0) is 13.1 Å². The van der Waals surface area contributed by atoms with E-state index in [1.54, 1.807) is 7.11 Å². The average Bonchev–Trinajstić information content (AvgIpc) is 2.82. The molecule has 31 heavy (non-hydrogen) atoms. The molecular formula is C24H34N4O3. The smallest absolute Gasteiger partial charge is 0.194 e. The standard InChI is InChI=1S/C24H34N4O3/c1-3-25-24(26-18-21-9-10-22(31-16-15-29)23(17-21)30-2)28-13-11-27(12-14-28)19-20-7-5-4-6-8-20/h4-10,17,29H,3,11-16,18-19H2,1-2H3,(H,25,26). The van der Waals surface area contributed by atoms with Crippen molar-refractivity contribution in [1.29, 1.82) is 0 Å². The quantitative estimate of drug-likeness (QED) is 0.474. The van der Waals surface area contributed by atoms with Crippen molar-refractivity contribution >= 4 is 5.96 Å². The molecule has 1 saturated heterocycles. The zero-order valence-corrected chi connectivity index (χ0v) is 18.6. The number of hydrogen-bond acceptors (Lipinski definition) is 5. The molecule has 7 nitrogen and oxygen atoms in total. The van der Waals surface area contributed by atoms with Gasteiger partial charge in [0.05, 0.1) is 20.3 Å². The first-order valence-electron chi connectivity index (χ1n) is 10.9. The van der Waals surface area contributed by atoms with Crippen molar-refractivity contribution in [2.24, 2.45) is 4.99 Å². The molecule has 0 saturated carbocycles. The molecule has 0 spiro atoms. The second kappa shape index (κ2) is 12.2. The number of rotatable bonds is 9. The van der Waals surface area contributed by atoms with Crippen LogP contribution < -0.4 is 14.8 Å². The first-order valence-corrected chi connectivity index (χ1v) is 10.9. The Balaban J connectivity index is 1.59. The molecule has 1 aliphatic heterocycles. The zero-order valence-electron chi connectivity index (χ0n) is 18.6. The van der Waals surface area contributed by atoms with Gasteiger partial charge in [0.25, 0.3) is 0 Å². The number of nitrogens with one attached hydrogen (secondary N) is 1. The van der Waals surface area contributed by atoms with Crippen LogP contribution in [0.2, 0.25) is 0 Å². The summed E-state index contributed by atoms with van der Waals surface area (Å²) in [5.74, 6) is 2.23. The molecule has 0 bridgehead atoms. The maximum Gasteiger partial charge on any atom is 0.194 e. The highest BCUT2D eigenvalue weighted by atomic mass is 16.5. The molecule has 168 valence electrons. The Morgan fingerprint density at radius 1 is 1.03 bits per heavy atom. The molecule has 3 rings (SSSR count). The Morgan fingerprint density at radius 3 is 2.48 bits per heavy atom. The van der Waals surface area contributed by atoms with E-state index < -0.39 is 0 Å². The van der Waals surface area contributed by atoms with Gasteiger partial charge in [-0.05, 0) is 30.2 Å². The highest BCUT2D eigenvalue weighted by Crippen LogP contribution is 2.28. The van der Waals surface area contributed by atoms with Gasteiger partial charge in [0.15, 0.2) is 17.5 Å². The number of aliphatic imine (C=N–C) groups is 1. The Bertz CT molecular complexity index is 821. The monoisotopic (exact) mass is 426 g/mol. The van der Waals surface area contributed by atoms with Crippen molar-refractivity contribution in [3.8, 4) is 11.5 Å². The van der Waals surface area contributed by atoms with Crippen LogP contribution in [0, 0.1) is 0 Å². The van der Waals surface area contributed by atoms with E-state index in [1.165, 1.54) is 5.56 Å². The van der Waals surface area contributed by atoms with Crippen LogP contribution in [-0.4, -0.2) is 73.9 Å². The second-order valence-electron chi connectivity index (χ2n) is 7.48. The van der Waals surface area contributed by atoms with Gasteiger partial charge in [-0.1, -0.05) is 36.4 Å². The molecule has 2 aromatic rings. The van der Waals surface area contributed by atoms with Gasteiger partial charge in [-0.2, -0.15) is 0 Å². The van der Waals surface area contributed by atoms with E-state index in [4.69, 9.17) is 19.6 Å². The van der Waals surface area contributed by atoms with Crippen LogP contribution in [0.4, 0.5) is 0 Å². The van der Waals surface area contributed by atoms with Crippen molar-refractivity contribution in [3.05, 3.63) is 59.7 Å². The molecule has 1 fully saturated rings. The van der Waals surface area contributed by atoms with E-state index >= 15 is 0 Å². The summed E-state index contributed by atoms with van der Waals surface area (Å²) in [6.07, 6.45) is 0. The summed E-state index contributed by atoms with van der Waals surface area (Å²) in [4.78, 5) is 9.69. The van der Waals surface area contributed by atoms with Crippen molar-refractivity contribution in [1.82, 2.24) is 15.1 Å². The Labute approximate surface area is 185 Å². The molecule has 2 N–H and O–H groups in total. The summed E-state index contributed by atoms with van der Waals surface area (Å²) in [5.41, 5.74) is 2.41. The highest BCUT2D eigenvalue weighted by molar-refractivity contribution is 5.80. The Morgan fingerprint density at radius 2 is 1.81 bits per heavy atom. The zero-order chi connectivity index (χ0) is 21.9. The van der Waals surface area contributed by atoms with E-state index in [1.807, 2.05) is 18.2 Å². The van der Waals surface area contributed by atoms with Gasteiger partial charge in [-0.3, -0.25) is 4.90 Å². The summed E-state index contributed by atoms with van der Waals surface area (Å²) in [6.45, 7) is 8.64. The third kappa shape index (κ3) is 6.87. The van der Waals surface area contributed by atoms with Gasteiger partial charge < -0.3 is 24.8 Å². The number of methoxy groups -OCH3 is 1. The van der Waals surface area contributed by atoms with Crippen LogP contribution in [0.5, 0.6) is 11.5 Å². The first kappa shape index (κ1) is 22.9. The molecular weight excluding hydrogens is 392 g/mol. The van der Waals surface area contributed by atoms with Crippen molar-refractivity contribution < 1.29 is 14.6 Å². The van der Waals surface area contributed by atoms with Crippen molar-refractivity contribution in [2.75, 3.05) is 53.0 Å². The fourth-order valence-electron chi connectivity index (χ4n) is 3.64. The molecule has 0 aliphatic carbocycles. The number of guanidine groups is 1. The summed E-state index contributed by atoms with van der Waals surface area (Å²) in [6, 6.07) is 16.4. The van der Waals surface area contributed by atoms with Gasteiger partial charge in [-0.15, -0.1) is 0 Å². The molecule has 0 atom stereocenters. The Kier molecular flexibility index (Phi) is 8.99. The minimum Gasteiger partial charge on any atom is -0.493 e. The van der Waals surface area contributed by atoms with Crippen LogP contribution in [0.25, 0.3) is 0 Å². The van der Waals surface area contributed by atoms with E-state index in [9.17, 15) is 0 Å². The Hall–Kier alpha value is -2.77. The van der Waals surface area contributed by atoms with Crippen LogP contribution in [0.1, 0.15) is 18.1 Å². The minimum atomic E-state index is -0.0279. The van der Waals surface area contributed by atoms with Gasteiger partial charge in [-0.25, -0.2) is 4.99 Å². The van der Waals surface area contributed by atoms with E-state index in [-0.39, 0.29) is 13.2 Å². The number of ether oxygens (including phenoxy) is 2. The summed E-state index contributed by atoms with van der Waals surface area (Å²) < 4.78 is 10.9. The molecule has 7 heteroatoms.